The van der Waals surface area contributed by atoms with E-state index in [1.54, 1.807) is 0 Å². The molecule has 0 saturated heterocycles. The van der Waals surface area contributed by atoms with Crippen molar-refractivity contribution in [1.82, 2.24) is 0 Å². The molecule has 2 N–H and O–H groups in total. The van der Waals surface area contributed by atoms with Crippen molar-refractivity contribution >= 4 is 11.6 Å². The molecule has 4 heteroatoms. The van der Waals surface area contributed by atoms with E-state index in [4.69, 9.17) is 26.8 Å². The van der Waals surface area contributed by atoms with Gasteiger partial charge in [0.15, 0.2) is 11.5 Å². The van der Waals surface area contributed by atoms with Crippen LogP contribution >= 0.6 is 11.6 Å². The van der Waals surface area contributed by atoms with Crippen LogP contribution in [0.25, 0.3) is 0 Å². The lowest BCUT2D eigenvalue weighted by Crippen LogP contribution is -2.34. The summed E-state index contributed by atoms with van der Waals surface area (Å²) < 4.78 is 11.1. The van der Waals surface area contributed by atoms with E-state index >= 15 is 0 Å². The van der Waals surface area contributed by atoms with Gasteiger partial charge in [0.05, 0.1) is 5.54 Å². The van der Waals surface area contributed by atoms with Gasteiger partial charge < -0.3 is 15.2 Å². The van der Waals surface area contributed by atoms with Crippen molar-refractivity contribution in [3.63, 3.8) is 0 Å². The fourth-order valence-electron chi connectivity index (χ4n) is 2.40. The molecule has 1 atom stereocenters. The smallest absolute Gasteiger partial charge is 0.161 e. The average molecular weight is 290 g/mol. The predicted molar refractivity (Wildman–Crippen MR) is 79.5 cm³/mol. The Morgan fingerprint density at radius 2 is 1.75 bits per heavy atom. The van der Waals surface area contributed by atoms with Gasteiger partial charge in [0.25, 0.3) is 0 Å². The topological polar surface area (TPSA) is 44.5 Å². The maximum atomic E-state index is 6.51. The molecule has 0 saturated carbocycles. The van der Waals surface area contributed by atoms with Crippen LogP contribution in [0, 0.1) is 0 Å². The first-order chi connectivity index (χ1) is 9.59. The lowest BCUT2D eigenvalue weighted by atomic mass is 9.85. The third kappa shape index (κ3) is 2.23. The van der Waals surface area contributed by atoms with Gasteiger partial charge >= 0.3 is 0 Å². The number of rotatable bonds is 2. The summed E-state index contributed by atoms with van der Waals surface area (Å²) in [5.74, 6) is 1.49. The van der Waals surface area contributed by atoms with Crippen LogP contribution in [0.4, 0.5) is 0 Å². The van der Waals surface area contributed by atoms with Gasteiger partial charge in [-0.05, 0) is 36.2 Å². The molecule has 20 heavy (non-hydrogen) atoms. The molecule has 3 nitrogen and oxygen atoms in total. The first-order valence-electron chi connectivity index (χ1n) is 6.53. The Kier molecular flexibility index (Phi) is 3.32. The molecule has 1 aliphatic heterocycles. The van der Waals surface area contributed by atoms with E-state index in [-0.39, 0.29) is 0 Å². The summed E-state index contributed by atoms with van der Waals surface area (Å²) in [6.45, 7) is 3.08. The Balaban J connectivity index is 2.05. The maximum Gasteiger partial charge on any atom is 0.161 e. The summed E-state index contributed by atoms with van der Waals surface area (Å²) in [5.41, 5.74) is 7.65. The van der Waals surface area contributed by atoms with Gasteiger partial charge in [0, 0.05) is 5.02 Å². The van der Waals surface area contributed by atoms with E-state index in [0.717, 1.165) is 22.6 Å². The van der Waals surface area contributed by atoms with E-state index < -0.39 is 5.54 Å². The minimum Gasteiger partial charge on any atom is -0.486 e. The largest absolute Gasteiger partial charge is 0.486 e. The Morgan fingerprint density at radius 1 is 1.05 bits per heavy atom. The minimum absolute atomic E-state index is 0.559. The standard InChI is InChI=1S/C16H16ClNO2/c1-16(18,12-4-2-3-5-13(12)17)11-6-7-14-15(10-11)20-9-8-19-14/h2-7,10H,8-9,18H2,1H3. The molecule has 0 fully saturated rings. The second-order valence-electron chi connectivity index (χ2n) is 5.04. The second-order valence-corrected chi connectivity index (χ2v) is 5.45. The van der Waals surface area contributed by atoms with Gasteiger partial charge in [-0.15, -0.1) is 0 Å². The van der Waals surface area contributed by atoms with Crippen LogP contribution < -0.4 is 15.2 Å². The van der Waals surface area contributed by atoms with E-state index in [1.165, 1.54) is 0 Å². The number of fused-ring (bicyclic) bond motifs is 1. The van der Waals surface area contributed by atoms with Gasteiger partial charge in [0.2, 0.25) is 0 Å². The molecule has 2 aromatic rings. The molecule has 104 valence electrons. The molecule has 0 aliphatic carbocycles. The summed E-state index contributed by atoms with van der Waals surface area (Å²) in [4.78, 5) is 0. The number of benzene rings is 2. The van der Waals surface area contributed by atoms with Gasteiger partial charge in [-0.25, -0.2) is 0 Å². The Morgan fingerprint density at radius 3 is 2.50 bits per heavy atom. The molecule has 2 aromatic carbocycles. The van der Waals surface area contributed by atoms with Gasteiger partial charge in [-0.2, -0.15) is 0 Å². The molecular formula is C16H16ClNO2. The van der Waals surface area contributed by atoms with Crippen LogP contribution in [-0.2, 0) is 5.54 Å². The van der Waals surface area contributed by atoms with Crippen molar-refractivity contribution in [1.29, 1.82) is 0 Å². The second kappa shape index (κ2) is 5.00. The molecule has 1 aliphatic rings. The summed E-state index contributed by atoms with van der Waals surface area (Å²) in [5, 5.41) is 0.660. The molecule has 0 bridgehead atoms. The van der Waals surface area contributed by atoms with Crippen molar-refractivity contribution in [3.05, 3.63) is 58.6 Å². The quantitative estimate of drug-likeness (QED) is 0.922. The summed E-state index contributed by atoms with van der Waals surface area (Å²) in [7, 11) is 0. The first kappa shape index (κ1) is 13.3. The van der Waals surface area contributed by atoms with Gasteiger partial charge in [0.1, 0.15) is 13.2 Å². The summed E-state index contributed by atoms with van der Waals surface area (Å²) in [6, 6.07) is 13.4. The Bertz CT molecular complexity index is 640. The third-order valence-electron chi connectivity index (χ3n) is 3.58. The van der Waals surface area contributed by atoms with Crippen LogP contribution in [-0.4, -0.2) is 13.2 Å². The number of hydrogen-bond donors (Lipinski definition) is 1. The highest BCUT2D eigenvalue weighted by atomic mass is 35.5. The normalized spacial score (nSPS) is 16.6. The number of nitrogens with two attached hydrogens (primary N) is 1. The molecule has 0 amide bonds. The molecular weight excluding hydrogens is 274 g/mol. The fourth-order valence-corrected chi connectivity index (χ4v) is 2.74. The lowest BCUT2D eigenvalue weighted by molar-refractivity contribution is 0.171. The molecule has 0 spiro atoms. The third-order valence-corrected chi connectivity index (χ3v) is 3.90. The zero-order valence-electron chi connectivity index (χ0n) is 11.2. The maximum absolute atomic E-state index is 6.51. The van der Waals surface area contributed by atoms with Crippen molar-refractivity contribution in [3.8, 4) is 11.5 Å². The van der Waals surface area contributed by atoms with Crippen LogP contribution in [0.15, 0.2) is 42.5 Å². The molecule has 3 rings (SSSR count). The van der Waals surface area contributed by atoms with Crippen molar-refractivity contribution in [2.24, 2.45) is 5.73 Å². The van der Waals surface area contributed by atoms with E-state index in [1.807, 2.05) is 49.4 Å². The van der Waals surface area contributed by atoms with Gasteiger partial charge in [-0.1, -0.05) is 35.9 Å². The Labute approximate surface area is 123 Å². The number of halogens is 1. The molecule has 1 heterocycles. The van der Waals surface area contributed by atoms with Crippen LogP contribution in [0.5, 0.6) is 11.5 Å². The average Bonchev–Trinajstić information content (AvgIpc) is 2.47. The van der Waals surface area contributed by atoms with Gasteiger partial charge in [-0.3, -0.25) is 0 Å². The lowest BCUT2D eigenvalue weighted by Gasteiger charge is -2.28. The zero-order valence-corrected chi connectivity index (χ0v) is 12.0. The van der Waals surface area contributed by atoms with Crippen LogP contribution in [0.2, 0.25) is 5.02 Å². The van der Waals surface area contributed by atoms with Crippen molar-refractivity contribution in [2.45, 2.75) is 12.5 Å². The fraction of sp³-hybridized carbons (Fsp3) is 0.250. The highest BCUT2D eigenvalue weighted by molar-refractivity contribution is 6.31. The number of hydrogen-bond acceptors (Lipinski definition) is 3. The predicted octanol–water partition coefficient (Wildman–Crippen LogP) is 3.33. The van der Waals surface area contributed by atoms with Crippen LogP contribution in [0.3, 0.4) is 0 Å². The highest BCUT2D eigenvalue weighted by Crippen LogP contribution is 2.37. The summed E-state index contributed by atoms with van der Waals surface area (Å²) >= 11 is 6.27. The van der Waals surface area contributed by atoms with E-state index in [9.17, 15) is 0 Å². The van der Waals surface area contributed by atoms with Crippen LogP contribution in [0.1, 0.15) is 18.1 Å². The first-order valence-corrected chi connectivity index (χ1v) is 6.91. The monoisotopic (exact) mass is 289 g/mol. The number of ether oxygens (including phenoxy) is 2. The van der Waals surface area contributed by atoms with Crippen molar-refractivity contribution < 1.29 is 9.47 Å². The zero-order chi connectivity index (χ0) is 14.2. The minimum atomic E-state index is -0.686. The van der Waals surface area contributed by atoms with E-state index in [2.05, 4.69) is 0 Å². The molecule has 0 radical (unpaired) electrons. The SMILES string of the molecule is CC(N)(c1ccc2c(c1)OCCO2)c1ccccc1Cl. The molecule has 0 aromatic heterocycles. The van der Waals surface area contributed by atoms with Crippen molar-refractivity contribution in [2.75, 3.05) is 13.2 Å². The Hall–Kier alpha value is -1.71. The summed E-state index contributed by atoms with van der Waals surface area (Å²) in [6.07, 6.45) is 0. The molecule has 1 unspecified atom stereocenters. The van der Waals surface area contributed by atoms with E-state index in [0.29, 0.717) is 18.2 Å². The highest BCUT2D eigenvalue weighted by Gasteiger charge is 2.27.